The lowest BCUT2D eigenvalue weighted by atomic mass is 10.1. The SMILES string of the molecule is COCc1c(C(=O)NNC(=O)COc2cccc(C)c2)oc2ccccc12. The standard InChI is InChI=1S/C20H20N2O5/c1-13-6-5-7-14(10-13)26-12-18(23)21-22-20(24)19-16(11-25-2)15-8-3-4-9-17(15)27-19/h3-10H,11-12H2,1-2H3,(H,21,23)(H,22,24). The van der Waals surface area contributed by atoms with Crippen LogP contribution in [0.25, 0.3) is 11.0 Å². The Labute approximate surface area is 156 Å². The number of hydrazine groups is 1. The van der Waals surface area contributed by atoms with Crippen molar-refractivity contribution in [1.82, 2.24) is 10.9 Å². The number of para-hydroxylation sites is 1. The van der Waals surface area contributed by atoms with Crippen LogP contribution in [0.5, 0.6) is 5.75 Å². The molecule has 0 fully saturated rings. The van der Waals surface area contributed by atoms with Crippen LogP contribution in [0.3, 0.4) is 0 Å². The Morgan fingerprint density at radius 1 is 1.07 bits per heavy atom. The van der Waals surface area contributed by atoms with E-state index in [9.17, 15) is 9.59 Å². The fourth-order valence-electron chi connectivity index (χ4n) is 2.64. The summed E-state index contributed by atoms with van der Waals surface area (Å²) in [6, 6.07) is 14.6. The van der Waals surface area contributed by atoms with Crippen LogP contribution in [0.2, 0.25) is 0 Å². The molecule has 2 aromatic carbocycles. The molecular weight excluding hydrogens is 348 g/mol. The number of rotatable bonds is 6. The van der Waals surface area contributed by atoms with Gasteiger partial charge >= 0.3 is 5.91 Å². The van der Waals surface area contributed by atoms with Crippen molar-refractivity contribution in [2.45, 2.75) is 13.5 Å². The second kappa shape index (κ2) is 8.37. The first-order valence-corrected chi connectivity index (χ1v) is 8.36. The first-order valence-electron chi connectivity index (χ1n) is 8.36. The zero-order valence-corrected chi connectivity index (χ0v) is 15.1. The van der Waals surface area contributed by atoms with Gasteiger partial charge in [-0.15, -0.1) is 0 Å². The van der Waals surface area contributed by atoms with Crippen molar-refractivity contribution in [3.05, 3.63) is 65.4 Å². The highest BCUT2D eigenvalue weighted by Gasteiger charge is 2.20. The minimum absolute atomic E-state index is 0.0953. The molecule has 1 heterocycles. The topological polar surface area (TPSA) is 89.8 Å². The summed E-state index contributed by atoms with van der Waals surface area (Å²) in [6.45, 7) is 1.91. The predicted molar refractivity (Wildman–Crippen MR) is 99.2 cm³/mol. The summed E-state index contributed by atoms with van der Waals surface area (Å²) in [5.74, 6) is -0.384. The molecule has 0 aliphatic rings. The van der Waals surface area contributed by atoms with E-state index in [1.54, 1.807) is 12.1 Å². The number of carbonyl (C=O) groups is 2. The van der Waals surface area contributed by atoms with Gasteiger partial charge in [0.05, 0.1) is 6.61 Å². The van der Waals surface area contributed by atoms with Crippen LogP contribution >= 0.6 is 0 Å². The molecule has 0 aliphatic carbocycles. The summed E-state index contributed by atoms with van der Waals surface area (Å²) in [5.41, 5.74) is 6.87. The number of fused-ring (bicyclic) bond motifs is 1. The van der Waals surface area contributed by atoms with Crippen molar-refractivity contribution in [2.75, 3.05) is 13.7 Å². The summed E-state index contributed by atoms with van der Waals surface area (Å²) < 4.78 is 16.2. The lowest BCUT2D eigenvalue weighted by molar-refractivity contribution is -0.123. The Kier molecular flexibility index (Phi) is 5.73. The summed E-state index contributed by atoms with van der Waals surface area (Å²) in [7, 11) is 1.54. The van der Waals surface area contributed by atoms with Crippen LogP contribution in [0.15, 0.2) is 52.9 Å². The molecule has 1 aromatic heterocycles. The zero-order valence-electron chi connectivity index (χ0n) is 15.1. The van der Waals surface area contributed by atoms with Gasteiger partial charge in [-0.05, 0) is 30.7 Å². The van der Waals surface area contributed by atoms with Gasteiger partial charge in [0.15, 0.2) is 12.4 Å². The van der Waals surface area contributed by atoms with Crippen molar-refractivity contribution in [3.8, 4) is 5.75 Å². The fourth-order valence-corrected chi connectivity index (χ4v) is 2.64. The minimum Gasteiger partial charge on any atom is -0.484 e. The molecular formula is C20H20N2O5. The molecule has 0 saturated carbocycles. The third-order valence-corrected chi connectivity index (χ3v) is 3.87. The first kappa shape index (κ1) is 18.5. The van der Waals surface area contributed by atoms with Crippen LogP contribution in [-0.4, -0.2) is 25.5 Å². The lowest BCUT2D eigenvalue weighted by Crippen LogP contribution is -2.44. The van der Waals surface area contributed by atoms with Gasteiger partial charge in [0.2, 0.25) is 0 Å². The highest BCUT2D eigenvalue weighted by Crippen LogP contribution is 2.26. The van der Waals surface area contributed by atoms with Gasteiger partial charge in [-0.1, -0.05) is 30.3 Å². The Balaban J connectivity index is 1.61. The molecule has 140 valence electrons. The highest BCUT2D eigenvalue weighted by atomic mass is 16.5. The Hall–Kier alpha value is -3.32. The molecule has 0 aliphatic heterocycles. The monoisotopic (exact) mass is 368 g/mol. The van der Waals surface area contributed by atoms with Crippen molar-refractivity contribution < 1.29 is 23.5 Å². The third-order valence-electron chi connectivity index (χ3n) is 3.87. The Morgan fingerprint density at radius 2 is 1.89 bits per heavy atom. The molecule has 27 heavy (non-hydrogen) atoms. The first-order chi connectivity index (χ1) is 13.1. The van der Waals surface area contributed by atoms with Crippen molar-refractivity contribution in [1.29, 1.82) is 0 Å². The number of benzene rings is 2. The molecule has 0 atom stereocenters. The molecule has 0 spiro atoms. The largest absolute Gasteiger partial charge is 0.484 e. The fraction of sp³-hybridized carbons (Fsp3) is 0.200. The van der Waals surface area contributed by atoms with E-state index < -0.39 is 11.8 Å². The number of hydrogen-bond donors (Lipinski definition) is 2. The number of amides is 2. The average Bonchev–Trinajstić information content (AvgIpc) is 3.04. The van der Waals surface area contributed by atoms with Crippen LogP contribution in [0, 0.1) is 6.92 Å². The van der Waals surface area contributed by atoms with E-state index in [4.69, 9.17) is 13.9 Å². The van der Waals surface area contributed by atoms with Crippen molar-refractivity contribution in [3.63, 3.8) is 0 Å². The van der Waals surface area contributed by atoms with Crippen molar-refractivity contribution >= 4 is 22.8 Å². The van der Waals surface area contributed by atoms with Gasteiger partial charge in [0.1, 0.15) is 11.3 Å². The number of methoxy groups -OCH3 is 1. The van der Waals surface area contributed by atoms with Crippen LogP contribution in [0.1, 0.15) is 21.7 Å². The predicted octanol–water partition coefficient (Wildman–Crippen LogP) is 2.73. The maximum absolute atomic E-state index is 12.4. The average molecular weight is 368 g/mol. The molecule has 7 nitrogen and oxygen atoms in total. The van der Waals surface area contributed by atoms with E-state index in [2.05, 4.69) is 10.9 Å². The molecule has 0 bridgehead atoms. The maximum atomic E-state index is 12.4. The number of carbonyl (C=O) groups excluding carboxylic acids is 2. The number of nitrogens with one attached hydrogen (secondary N) is 2. The highest BCUT2D eigenvalue weighted by molar-refractivity contribution is 5.99. The van der Waals surface area contributed by atoms with Gasteiger partial charge in [0.25, 0.3) is 5.91 Å². The van der Waals surface area contributed by atoms with E-state index in [0.29, 0.717) is 16.9 Å². The minimum atomic E-state index is -0.567. The molecule has 0 unspecified atom stereocenters. The van der Waals surface area contributed by atoms with Crippen LogP contribution in [0.4, 0.5) is 0 Å². The summed E-state index contributed by atoms with van der Waals surface area (Å²) >= 11 is 0. The van der Waals surface area contributed by atoms with E-state index in [0.717, 1.165) is 10.9 Å². The van der Waals surface area contributed by atoms with E-state index in [1.807, 2.05) is 43.3 Å². The van der Waals surface area contributed by atoms with Gasteiger partial charge in [0, 0.05) is 18.1 Å². The van der Waals surface area contributed by atoms with Gasteiger partial charge < -0.3 is 13.9 Å². The van der Waals surface area contributed by atoms with E-state index in [1.165, 1.54) is 7.11 Å². The Bertz CT molecular complexity index is 964. The van der Waals surface area contributed by atoms with Crippen molar-refractivity contribution in [2.24, 2.45) is 0 Å². The molecule has 2 N–H and O–H groups in total. The van der Waals surface area contributed by atoms with Gasteiger partial charge in [-0.3, -0.25) is 20.4 Å². The molecule has 7 heteroatoms. The smallest absolute Gasteiger partial charge is 0.305 e. The van der Waals surface area contributed by atoms with Gasteiger partial charge in [-0.25, -0.2) is 0 Å². The second-order valence-corrected chi connectivity index (χ2v) is 5.95. The Morgan fingerprint density at radius 3 is 2.67 bits per heavy atom. The third kappa shape index (κ3) is 4.45. The van der Waals surface area contributed by atoms with E-state index in [-0.39, 0.29) is 19.0 Å². The van der Waals surface area contributed by atoms with Crippen LogP contribution < -0.4 is 15.6 Å². The zero-order chi connectivity index (χ0) is 19.2. The summed E-state index contributed by atoms with van der Waals surface area (Å²) in [4.78, 5) is 24.3. The second-order valence-electron chi connectivity index (χ2n) is 5.95. The van der Waals surface area contributed by atoms with Gasteiger partial charge in [-0.2, -0.15) is 0 Å². The molecule has 2 amide bonds. The maximum Gasteiger partial charge on any atom is 0.305 e. The lowest BCUT2D eigenvalue weighted by Gasteiger charge is -2.09. The number of aryl methyl sites for hydroxylation is 1. The number of furan rings is 1. The van der Waals surface area contributed by atoms with Crippen LogP contribution in [-0.2, 0) is 16.1 Å². The molecule has 3 aromatic rings. The number of ether oxygens (including phenoxy) is 2. The van der Waals surface area contributed by atoms with E-state index >= 15 is 0 Å². The molecule has 0 saturated heterocycles. The summed E-state index contributed by atoms with van der Waals surface area (Å²) in [5, 5.41) is 0.790. The molecule has 3 rings (SSSR count). The number of hydrogen-bond acceptors (Lipinski definition) is 5. The normalized spacial score (nSPS) is 10.6. The molecule has 0 radical (unpaired) electrons. The summed E-state index contributed by atoms with van der Waals surface area (Å²) in [6.07, 6.45) is 0. The quantitative estimate of drug-likeness (QED) is 0.653.